The summed E-state index contributed by atoms with van der Waals surface area (Å²) in [5, 5.41) is 2.51. The Hall–Kier alpha value is -1.84. The quantitative estimate of drug-likeness (QED) is 0.797. The van der Waals surface area contributed by atoms with Gasteiger partial charge >= 0.3 is 0 Å². The fourth-order valence-electron chi connectivity index (χ4n) is 1.58. The van der Waals surface area contributed by atoms with Crippen molar-refractivity contribution in [2.75, 3.05) is 26.7 Å². The van der Waals surface area contributed by atoms with Crippen molar-refractivity contribution >= 4 is 23.2 Å². The van der Waals surface area contributed by atoms with E-state index in [1.165, 1.54) is 16.2 Å². The summed E-state index contributed by atoms with van der Waals surface area (Å²) in [5.74, 6) is 5.40. The molecule has 0 radical (unpaired) electrons. The van der Waals surface area contributed by atoms with Crippen LogP contribution in [0.3, 0.4) is 0 Å². The standard InChI is InChI=1S/C14H19N3O2S/c1-4-17(9-13(18)16-3)14(19)12-8-10(2)11(20-12)6-5-7-15/h8H,4,7,9,15H2,1-3H3,(H,16,18). The molecule has 0 spiro atoms. The average molecular weight is 293 g/mol. The van der Waals surface area contributed by atoms with Crippen LogP contribution < -0.4 is 11.1 Å². The number of hydrogen-bond acceptors (Lipinski definition) is 4. The fourth-order valence-corrected chi connectivity index (χ4v) is 2.59. The number of nitrogens with two attached hydrogens (primary N) is 1. The minimum atomic E-state index is -0.184. The molecule has 2 amide bonds. The highest BCUT2D eigenvalue weighted by molar-refractivity contribution is 7.14. The Bertz CT molecular complexity index is 555. The number of carbonyl (C=O) groups excluding carboxylic acids is 2. The number of nitrogens with one attached hydrogen (secondary N) is 1. The summed E-state index contributed by atoms with van der Waals surface area (Å²) in [6.07, 6.45) is 0. The van der Waals surface area contributed by atoms with E-state index in [0.717, 1.165) is 10.4 Å². The second kappa shape index (κ2) is 7.68. The van der Waals surface area contributed by atoms with Crippen LogP contribution in [0.1, 0.15) is 27.0 Å². The Kier molecular flexibility index (Phi) is 6.22. The molecule has 0 aromatic carbocycles. The van der Waals surface area contributed by atoms with Gasteiger partial charge in [0, 0.05) is 13.6 Å². The Morgan fingerprint density at radius 2 is 2.20 bits per heavy atom. The molecule has 0 aliphatic carbocycles. The first-order valence-corrected chi connectivity index (χ1v) is 7.14. The molecule has 1 rings (SSSR count). The molecule has 0 aliphatic rings. The van der Waals surface area contributed by atoms with E-state index in [0.29, 0.717) is 18.0 Å². The topological polar surface area (TPSA) is 75.4 Å². The van der Waals surface area contributed by atoms with Crippen LogP contribution in [0.4, 0.5) is 0 Å². The number of aryl methyl sites for hydroxylation is 1. The summed E-state index contributed by atoms with van der Waals surface area (Å²) in [5.41, 5.74) is 6.30. The number of rotatable bonds is 4. The molecule has 108 valence electrons. The first kappa shape index (κ1) is 16.2. The Balaban J connectivity index is 2.93. The van der Waals surface area contributed by atoms with Crippen LogP contribution in [0.25, 0.3) is 0 Å². The molecule has 3 N–H and O–H groups in total. The summed E-state index contributed by atoms with van der Waals surface area (Å²) in [4.78, 5) is 26.7. The lowest BCUT2D eigenvalue weighted by atomic mass is 10.2. The SMILES string of the molecule is CCN(CC(=O)NC)C(=O)c1cc(C)c(C#CCN)s1. The van der Waals surface area contributed by atoms with E-state index in [2.05, 4.69) is 17.2 Å². The monoisotopic (exact) mass is 293 g/mol. The lowest BCUT2D eigenvalue weighted by Crippen LogP contribution is -2.39. The average Bonchev–Trinajstić information content (AvgIpc) is 2.82. The molecular weight excluding hydrogens is 274 g/mol. The van der Waals surface area contributed by atoms with Gasteiger partial charge in [0.05, 0.1) is 22.8 Å². The highest BCUT2D eigenvalue weighted by Gasteiger charge is 2.19. The van der Waals surface area contributed by atoms with Gasteiger partial charge in [0.2, 0.25) is 5.91 Å². The highest BCUT2D eigenvalue weighted by atomic mass is 32.1. The second-order valence-corrected chi connectivity index (χ2v) is 5.17. The zero-order chi connectivity index (χ0) is 15.1. The molecule has 1 heterocycles. The zero-order valence-electron chi connectivity index (χ0n) is 11.9. The van der Waals surface area contributed by atoms with Gasteiger partial charge in [-0.05, 0) is 25.5 Å². The van der Waals surface area contributed by atoms with Crippen LogP contribution >= 0.6 is 11.3 Å². The molecule has 6 heteroatoms. The van der Waals surface area contributed by atoms with Crippen LogP contribution in [0.2, 0.25) is 0 Å². The highest BCUT2D eigenvalue weighted by Crippen LogP contribution is 2.22. The van der Waals surface area contributed by atoms with Crippen molar-refractivity contribution in [3.8, 4) is 11.8 Å². The normalized spacial score (nSPS) is 9.60. The summed E-state index contributed by atoms with van der Waals surface area (Å²) in [6.45, 7) is 4.58. The van der Waals surface area contributed by atoms with Crippen molar-refractivity contribution in [1.82, 2.24) is 10.2 Å². The van der Waals surface area contributed by atoms with E-state index < -0.39 is 0 Å². The first-order chi connectivity index (χ1) is 9.53. The molecule has 0 aliphatic heterocycles. The van der Waals surface area contributed by atoms with Crippen LogP contribution in [0.5, 0.6) is 0 Å². The van der Waals surface area contributed by atoms with Gasteiger partial charge in [0.25, 0.3) is 5.91 Å². The van der Waals surface area contributed by atoms with E-state index in [4.69, 9.17) is 5.73 Å². The first-order valence-electron chi connectivity index (χ1n) is 6.32. The molecule has 5 nitrogen and oxygen atoms in total. The van der Waals surface area contributed by atoms with Crippen LogP contribution in [0, 0.1) is 18.8 Å². The molecule has 20 heavy (non-hydrogen) atoms. The molecule has 0 unspecified atom stereocenters. The van der Waals surface area contributed by atoms with Crippen LogP contribution in [-0.2, 0) is 4.79 Å². The van der Waals surface area contributed by atoms with Crippen molar-refractivity contribution in [1.29, 1.82) is 0 Å². The Morgan fingerprint density at radius 3 is 2.75 bits per heavy atom. The minimum Gasteiger partial charge on any atom is -0.358 e. The van der Waals surface area contributed by atoms with Crippen molar-refractivity contribution in [3.63, 3.8) is 0 Å². The molecule has 0 fully saturated rings. The van der Waals surface area contributed by atoms with Gasteiger partial charge in [-0.15, -0.1) is 11.3 Å². The minimum absolute atomic E-state index is 0.0621. The summed E-state index contributed by atoms with van der Waals surface area (Å²) < 4.78 is 0. The molecule has 0 bridgehead atoms. The predicted octanol–water partition coefficient (Wildman–Crippen LogP) is 0.575. The van der Waals surface area contributed by atoms with E-state index in [1.54, 1.807) is 13.1 Å². The summed E-state index contributed by atoms with van der Waals surface area (Å²) in [6, 6.07) is 1.81. The molecule has 1 aromatic rings. The number of thiophene rings is 1. The summed E-state index contributed by atoms with van der Waals surface area (Å²) in [7, 11) is 1.55. The van der Waals surface area contributed by atoms with Gasteiger partial charge < -0.3 is 16.0 Å². The van der Waals surface area contributed by atoms with E-state index in [9.17, 15) is 9.59 Å². The van der Waals surface area contributed by atoms with Crippen LogP contribution in [-0.4, -0.2) is 43.4 Å². The zero-order valence-corrected chi connectivity index (χ0v) is 12.8. The third-order valence-electron chi connectivity index (χ3n) is 2.71. The smallest absolute Gasteiger partial charge is 0.264 e. The molecule has 0 atom stereocenters. The van der Waals surface area contributed by atoms with Crippen molar-refractivity contribution in [3.05, 3.63) is 21.4 Å². The predicted molar refractivity (Wildman–Crippen MR) is 80.6 cm³/mol. The number of amides is 2. The fraction of sp³-hybridized carbons (Fsp3) is 0.429. The maximum atomic E-state index is 12.4. The third kappa shape index (κ3) is 4.08. The van der Waals surface area contributed by atoms with Crippen molar-refractivity contribution in [2.24, 2.45) is 5.73 Å². The van der Waals surface area contributed by atoms with Gasteiger partial charge in [-0.25, -0.2) is 0 Å². The Labute approximate surface area is 123 Å². The number of carbonyl (C=O) groups is 2. The number of likely N-dealkylation sites (N-methyl/N-ethyl adjacent to an activating group) is 2. The maximum Gasteiger partial charge on any atom is 0.264 e. The van der Waals surface area contributed by atoms with Gasteiger partial charge in [-0.3, -0.25) is 9.59 Å². The van der Waals surface area contributed by atoms with Gasteiger partial charge in [-0.1, -0.05) is 11.8 Å². The van der Waals surface area contributed by atoms with Crippen molar-refractivity contribution < 1.29 is 9.59 Å². The van der Waals surface area contributed by atoms with Crippen LogP contribution in [0.15, 0.2) is 6.07 Å². The van der Waals surface area contributed by atoms with E-state index in [-0.39, 0.29) is 18.4 Å². The molecule has 1 aromatic heterocycles. The third-order valence-corrected chi connectivity index (χ3v) is 3.86. The molecular formula is C14H19N3O2S. The van der Waals surface area contributed by atoms with E-state index in [1.807, 2.05) is 13.8 Å². The second-order valence-electron chi connectivity index (χ2n) is 4.12. The summed E-state index contributed by atoms with van der Waals surface area (Å²) >= 11 is 1.33. The lowest BCUT2D eigenvalue weighted by molar-refractivity contribution is -0.121. The maximum absolute atomic E-state index is 12.4. The largest absolute Gasteiger partial charge is 0.358 e. The van der Waals surface area contributed by atoms with E-state index >= 15 is 0 Å². The molecule has 0 saturated carbocycles. The number of hydrogen-bond donors (Lipinski definition) is 2. The molecule has 0 saturated heterocycles. The van der Waals surface area contributed by atoms with Gasteiger partial charge in [-0.2, -0.15) is 0 Å². The van der Waals surface area contributed by atoms with Gasteiger partial charge in [0.15, 0.2) is 0 Å². The lowest BCUT2D eigenvalue weighted by Gasteiger charge is -2.18. The van der Waals surface area contributed by atoms with Crippen molar-refractivity contribution in [2.45, 2.75) is 13.8 Å². The Morgan fingerprint density at radius 1 is 1.50 bits per heavy atom. The van der Waals surface area contributed by atoms with Gasteiger partial charge in [0.1, 0.15) is 0 Å². The number of nitrogens with zero attached hydrogens (tertiary/aromatic N) is 1.